The molecule has 1 aliphatic rings. The average molecular weight is 268 g/mol. The Bertz CT molecular complexity index is 399. The van der Waals surface area contributed by atoms with Gasteiger partial charge in [-0.3, -0.25) is 4.79 Å². The summed E-state index contributed by atoms with van der Waals surface area (Å²) in [5.41, 5.74) is 0.839. The molecular formula is C14H18ClNO2. The van der Waals surface area contributed by atoms with Crippen molar-refractivity contribution in [3.63, 3.8) is 0 Å². The van der Waals surface area contributed by atoms with Crippen LogP contribution in [0.1, 0.15) is 30.7 Å². The number of rotatable bonds is 5. The number of aliphatic carboxylic acids is 1. The molecule has 1 atom stereocenters. The Hall–Kier alpha value is -1.06. The van der Waals surface area contributed by atoms with E-state index >= 15 is 0 Å². The number of hydrogen-bond donors (Lipinski definition) is 1. The van der Waals surface area contributed by atoms with Gasteiger partial charge in [0.05, 0.1) is 5.92 Å². The second kappa shape index (κ2) is 6.21. The van der Waals surface area contributed by atoms with Crippen molar-refractivity contribution in [2.24, 2.45) is 0 Å². The fraction of sp³-hybridized carbons (Fsp3) is 0.500. The maximum Gasteiger partial charge on any atom is 0.311 e. The summed E-state index contributed by atoms with van der Waals surface area (Å²) in [4.78, 5) is 13.7. The van der Waals surface area contributed by atoms with Crippen molar-refractivity contribution in [3.8, 4) is 0 Å². The van der Waals surface area contributed by atoms with Crippen LogP contribution < -0.4 is 0 Å². The Morgan fingerprint density at radius 2 is 1.89 bits per heavy atom. The highest BCUT2D eigenvalue weighted by Gasteiger charge is 2.21. The molecule has 1 heterocycles. The zero-order chi connectivity index (χ0) is 13.0. The summed E-state index contributed by atoms with van der Waals surface area (Å²) in [5.74, 6) is -1.18. The minimum absolute atomic E-state index is 0.428. The Morgan fingerprint density at radius 1 is 1.28 bits per heavy atom. The van der Waals surface area contributed by atoms with E-state index in [4.69, 9.17) is 11.6 Å². The van der Waals surface area contributed by atoms with E-state index in [1.807, 2.05) is 12.1 Å². The molecule has 1 fully saturated rings. The fourth-order valence-electron chi connectivity index (χ4n) is 2.45. The number of carboxylic acid groups (broad SMARTS) is 1. The number of hydrogen-bond acceptors (Lipinski definition) is 2. The van der Waals surface area contributed by atoms with E-state index in [-0.39, 0.29) is 0 Å². The van der Waals surface area contributed by atoms with Crippen molar-refractivity contribution in [1.82, 2.24) is 4.90 Å². The molecule has 0 spiro atoms. The van der Waals surface area contributed by atoms with Gasteiger partial charge in [0.2, 0.25) is 0 Å². The summed E-state index contributed by atoms with van der Waals surface area (Å²) >= 11 is 5.82. The van der Waals surface area contributed by atoms with Gasteiger partial charge < -0.3 is 10.0 Å². The van der Waals surface area contributed by atoms with Gasteiger partial charge in [-0.05, 0) is 56.6 Å². The van der Waals surface area contributed by atoms with Gasteiger partial charge in [0.25, 0.3) is 0 Å². The number of benzene rings is 1. The van der Waals surface area contributed by atoms with Crippen LogP contribution in [0, 0.1) is 0 Å². The number of halogens is 1. The highest BCUT2D eigenvalue weighted by atomic mass is 35.5. The first-order valence-electron chi connectivity index (χ1n) is 6.37. The maximum atomic E-state index is 11.3. The summed E-state index contributed by atoms with van der Waals surface area (Å²) < 4.78 is 0. The van der Waals surface area contributed by atoms with Gasteiger partial charge in [-0.25, -0.2) is 0 Å². The third kappa shape index (κ3) is 3.47. The highest BCUT2D eigenvalue weighted by Crippen LogP contribution is 2.23. The van der Waals surface area contributed by atoms with E-state index in [9.17, 15) is 9.90 Å². The molecule has 0 aliphatic carbocycles. The number of nitrogens with zero attached hydrogens (tertiary/aromatic N) is 1. The molecule has 2 rings (SSSR count). The molecule has 98 valence electrons. The van der Waals surface area contributed by atoms with Crippen LogP contribution in [0.4, 0.5) is 0 Å². The highest BCUT2D eigenvalue weighted by molar-refractivity contribution is 6.30. The van der Waals surface area contributed by atoms with Gasteiger partial charge in [-0.2, -0.15) is 0 Å². The molecule has 1 aromatic carbocycles. The van der Waals surface area contributed by atoms with Crippen LogP contribution in [0.15, 0.2) is 24.3 Å². The molecule has 0 saturated carbocycles. The third-order valence-corrected chi connectivity index (χ3v) is 3.76. The van der Waals surface area contributed by atoms with Crippen LogP contribution in [-0.2, 0) is 4.79 Å². The minimum Gasteiger partial charge on any atom is -0.481 e. The molecule has 1 aromatic rings. The Balaban J connectivity index is 1.99. The topological polar surface area (TPSA) is 40.5 Å². The monoisotopic (exact) mass is 267 g/mol. The zero-order valence-electron chi connectivity index (χ0n) is 10.3. The van der Waals surface area contributed by atoms with Crippen molar-refractivity contribution in [3.05, 3.63) is 34.9 Å². The molecular weight excluding hydrogens is 250 g/mol. The lowest BCUT2D eigenvalue weighted by atomic mass is 9.96. The van der Waals surface area contributed by atoms with Crippen LogP contribution in [0.2, 0.25) is 5.02 Å². The molecule has 1 saturated heterocycles. The Kier molecular flexibility index (Phi) is 4.61. The molecule has 1 aliphatic heterocycles. The van der Waals surface area contributed by atoms with Gasteiger partial charge in [0.1, 0.15) is 0 Å². The lowest BCUT2D eigenvalue weighted by Gasteiger charge is -2.18. The molecule has 18 heavy (non-hydrogen) atoms. The summed E-state index contributed by atoms with van der Waals surface area (Å²) in [7, 11) is 0. The van der Waals surface area contributed by atoms with E-state index in [1.54, 1.807) is 12.1 Å². The van der Waals surface area contributed by atoms with E-state index < -0.39 is 11.9 Å². The number of carbonyl (C=O) groups is 1. The largest absolute Gasteiger partial charge is 0.481 e. The van der Waals surface area contributed by atoms with Gasteiger partial charge in [0, 0.05) is 5.02 Å². The average Bonchev–Trinajstić information content (AvgIpc) is 2.84. The summed E-state index contributed by atoms with van der Waals surface area (Å²) in [5, 5.41) is 9.96. The maximum absolute atomic E-state index is 11.3. The van der Waals surface area contributed by atoms with Crippen molar-refractivity contribution in [2.45, 2.75) is 25.2 Å². The lowest BCUT2D eigenvalue weighted by molar-refractivity contribution is -0.139. The normalized spacial score (nSPS) is 17.8. The predicted octanol–water partition coefficient (Wildman–Crippen LogP) is 2.99. The number of likely N-dealkylation sites (tertiary alicyclic amines) is 1. The molecule has 4 heteroatoms. The van der Waals surface area contributed by atoms with Gasteiger partial charge in [0.15, 0.2) is 0 Å². The second-order valence-electron chi connectivity index (χ2n) is 4.78. The van der Waals surface area contributed by atoms with Gasteiger partial charge in [-0.1, -0.05) is 23.7 Å². The van der Waals surface area contributed by atoms with Crippen molar-refractivity contribution in [1.29, 1.82) is 0 Å². The summed E-state index contributed by atoms with van der Waals surface area (Å²) in [6, 6.07) is 7.13. The number of carboxylic acids is 1. The van der Waals surface area contributed by atoms with Gasteiger partial charge >= 0.3 is 5.97 Å². The molecule has 1 N–H and O–H groups in total. The van der Waals surface area contributed by atoms with E-state index in [1.165, 1.54) is 12.8 Å². The van der Waals surface area contributed by atoms with Crippen LogP contribution in [-0.4, -0.2) is 35.6 Å². The molecule has 0 radical (unpaired) electrons. The Morgan fingerprint density at radius 3 is 2.44 bits per heavy atom. The van der Waals surface area contributed by atoms with Crippen LogP contribution in [0.3, 0.4) is 0 Å². The molecule has 0 aromatic heterocycles. The van der Waals surface area contributed by atoms with Gasteiger partial charge in [-0.15, -0.1) is 0 Å². The third-order valence-electron chi connectivity index (χ3n) is 3.50. The first-order chi connectivity index (χ1) is 8.66. The quantitative estimate of drug-likeness (QED) is 0.892. The first-order valence-corrected chi connectivity index (χ1v) is 6.75. The second-order valence-corrected chi connectivity index (χ2v) is 5.22. The van der Waals surface area contributed by atoms with E-state index in [2.05, 4.69) is 4.90 Å². The smallest absolute Gasteiger partial charge is 0.311 e. The van der Waals surface area contributed by atoms with Crippen LogP contribution in [0.25, 0.3) is 0 Å². The SMILES string of the molecule is O=C(O)[C@H](CCN1CCCC1)c1ccc(Cl)cc1. The summed E-state index contributed by atoms with van der Waals surface area (Å²) in [6.45, 7) is 3.07. The first kappa shape index (κ1) is 13.4. The predicted molar refractivity (Wildman–Crippen MR) is 72.1 cm³/mol. The standard InChI is InChI=1S/C14H18ClNO2/c15-12-5-3-11(4-6-12)13(14(17)18)7-10-16-8-1-2-9-16/h3-6,13H,1-2,7-10H2,(H,17,18)/t13-/m1/s1. The van der Waals surface area contributed by atoms with Crippen molar-refractivity contribution < 1.29 is 9.90 Å². The molecule has 0 bridgehead atoms. The van der Waals surface area contributed by atoms with Crippen molar-refractivity contribution in [2.75, 3.05) is 19.6 Å². The molecule has 0 amide bonds. The van der Waals surface area contributed by atoms with Crippen molar-refractivity contribution >= 4 is 17.6 Å². The van der Waals surface area contributed by atoms with E-state index in [0.717, 1.165) is 25.2 Å². The van der Waals surface area contributed by atoms with Crippen LogP contribution in [0.5, 0.6) is 0 Å². The van der Waals surface area contributed by atoms with E-state index in [0.29, 0.717) is 11.4 Å². The zero-order valence-corrected chi connectivity index (χ0v) is 11.1. The fourth-order valence-corrected chi connectivity index (χ4v) is 2.57. The molecule has 3 nitrogen and oxygen atoms in total. The summed E-state index contributed by atoms with van der Waals surface area (Å²) in [6.07, 6.45) is 3.13. The molecule has 0 unspecified atom stereocenters. The van der Waals surface area contributed by atoms with Crippen LogP contribution >= 0.6 is 11.6 Å². The minimum atomic E-state index is -0.753. The lowest BCUT2D eigenvalue weighted by Crippen LogP contribution is -2.24. The Labute approximate surface area is 112 Å².